The zero-order valence-corrected chi connectivity index (χ0v) is 15.3. The van der Waals surface area contributed by atoms with Crippen molar-refractivity contribution < 1.29 is 13.9 Å². The highest BCUT2D eigenvalue weighted by molar-refractivity contribution is 5.51. The van der Waals surface area contributed by atoms with E-state index in [0.29, 0.717) is 13.2 Å². The number of piperazine rings is 1. The number of methoxy groups -OCH3 is 1. The number of benzene rings is 2. The van der Waals surface area contributed by atoms with Gasteiger partial charge in [-0.2, -0.15) is 5.26 Å². The van der Waals surface area contributed by atoms with Crippen molar-refractivity contribution in [3.63, 3.8) is 0 Å². The van der Waals surface area contributed by atoms with Crippen molar-refractivity contribution in [1.29, 1.82) is 5.26 Å². The summed E-state index contributed by atoms with van der Waals surface area (Å²) in [6, 6.07) is 14.9. The highest BCUT2D eigenvalue weighted by Crippen LogP contribution is 2.38. The second kappa shape index (κ2) is 7.18. The van der Waals surface area contributed by atoms with Gasteiger partial charge in [-0.1, -0.05) is 12.1 Å². The SMILES string of the molecule is COc1ccc(C2(N3CCN(c4ccc(C#N)c(F)c4)CC3)COC2)cc1. The normalized spacial score (nSPS) is 19.2. The zero-order valence-electron chi connectivity index (χ0n) is 15.3. The van der Waals surface area contributed by atoms with Crippen LogP contribution in [0, 0.1) is 17.1 Å². The van der Waals surface area contributed by atoms with E-state index in [1.54, 1.807) is 13.2 Å². The summed E-state index contributed by atoms with van der Waals surface area (Å²) in [5.74, 6) is 0.390. The second-order valence-electron chi connectivity index (χ2n) is 7.00. The van der Waals surface area contributed by atoms with Gasteiger partial charge in [0.05, 0.1) is 31.4 Å². The Morgan fingerprint density at radius 3 is 2.30 bits per heavy atom. The molecule has 0 aromatic heterocycles. The summed E-state index contributed by atoms with van der Waals surface area (Å²) >= 11 is 0. The van der Waals surface area contributed by atoms with Crippen molar-refractivity contribution >= 4 is 5.69 Å². The Kier molecular flexibility index (Phi) is 4.73. The third-order valence-electron chi connectivity index (χ3n) is 5.63. The molecule has 0 bridgehead atoms. The quantitative estimate of drug-likeness (QED) is 0.832. The van der Waals surface area contributed by atoms with Crippen molar-refractivity contribution in [3.05, 3.63) is 59.4 Å². The molecule has 2 saturated heterocycles. The van der Waals surface area contributed by atoms with Gasteiger partial charge in [-0.25, -0.2) is 4.39 Å². The van der Waals surface area contributed by atoms with Gasteiger partial charge in [0, 0.05) is 31.9 Å². The molecule has 2 heterocycles. The highest BCUT2D eigenvalue weighted by atomic mass is 19.1. The van der Waals surface area contributed by atoms with Crippen molar-refractivity contribution in [2.45, 2.75) is 5.54 Å². The standard InChI is InChI=1S/C21H22FN3O2/c1-26-19-6-3-17(4-7-19)21(14-27-15-21)25-10-8-24(9-11-25)18-5-2-16(13-23)20(22)12-18/h2-7,12H,8-11,14-15H2,1H3. The van der Waals surface area contributed by atoms with E-state index in [1.807, 2.05) is 24.3 Å². The number of hydrogen-bond donors (Lipinski definition) is 0. The van der Waals surface area contributed by atoms with Gasteiger partial charge < -0.3 is 14.4 Å². The van der Waals surface area contributed by atoms with Crippen LogP contribution in [0.4, 0.5) is 10.1 Å². The van der Waals surface area contributed by atoms with Crippen LogP contribution >= 0.6 is 0 Å². The van der Waals surface area contributed by atoms with Gasteiger partial charge in [-0.3, -0.25) is 4.90 Å². The second-order valence-corrected chi connectivity index (χ2v) is 7.00. The summed E-state index contributed by atoms with van der Waals surface area (Å²) in [4.78, 5) is 4.64. The fourth-order valence-corrected chi connectivity index (χ4v) is 3.91. The van der Waals surface area contributed by atoms with Gasteiger partial charge >= 0.3 is 0 Å². The third kappa shape index (κ3) is 3.14. The summed E-state index contributed by atoms with van der Waals surface area (Å²) in [6.07, 6.45) is 0. The number of nitriles is 1. The van der Waals surface area contributed by atoms with E-state index in [4.69, 9.17) is 14.7 Å². The van der Waals surface area contributed by atoms with Crippen molar-refractivity contribution in [1.82, 2.24) is 4.90 Å². The molecule has 0 aliphatic carbocycles. The Morgan fingerprint density at radius 1 is 1.07 bits per heavy atom. The molecule has 0 spiro atoms. The van der Waals surface area contributed by atoms with Gasteiger partial charge in [-0.15, -0.1) is 0 Å². The Morgan fingerprint density at radius 2 is 1.78 bits per heavy atom. The van der Waals surface area contributed by atoms with Gasteiger partial charge in [0.15, 0.2) is 0 Å². The van der Waals surface area contributed by atoms with E-state index in [1.165, 1.54) is 11.6 Å². The van der Waals surface area contributed by atoms with Crippen LogP contribution in [0.1, 0.15) is 11.1 Å². The van der Waals surface area contributed by atoms with E-state index in [-0.39, 0.29) is 11.1 Å². The number of nitrogens with zero attached hydrogens (tertiary/aromatic N) is 3. The molecule has 2 aromatic rings. The van der Waals surface area contributed by atoms with Crippen LogP contribution in [-0.2, 0) is 10.3 Å². The molecule has 6 heteroatoms. The van der Waals surface area contributed by atoms with Gasteiger partial charge in [0.2, 0.25) is 0 Å². The van der Waals surface area contributed by atoms with Crippen molar-refractivity contribution in [2.24, 2.45) is 0 Å². The average Bonchev–Trinajstić information content (AvgIpc) is 2.68. The van der Waals surface area contributed by atoms with Crippen molar-refractivity contribution in [3.8, 4) is 11.8 Å². The monoisotopic (exact) mass is 367 g/mol. The van der Waals surface area contributed by atoms with Gasteiger partial charge in [0.1, 0.15) is 17.6 Å². The molecule has 2 aliphatic rings. The number of anilines is 1. The van der Waals surface area contributed by atoms with Crippen LogP contribution in [0.3, 0.4) is 0 Å². The third-order valence-corrected chi connectivity index (χ3v) is 5.63. The molecule has 2 aromatic carbocycles. The first-order valence-electron chi connectivity index (χ1n) is 9.08. The molecule has 0 N–H and O–H groups in total. The highest BCUT2D eigenvalue weighted by Gasteiger charge is 2.46. The molecule has 2 aliphatic heterocycles. The molecule has 0 atom stereocenters. The molecule has 0 amide bonds. The first-order chi connectivity index (χ1) is 13.2. The summed E-state index contributed by atoms with van der Waals surface area (Å²) in [5, 5.41) is 8.89. The molecule has 0 radical (unpaired) electrons. The van der Waals surface area contributed by atoms with Crippen molar-refractivity contribution in [2.75, 3.05) is 51.4 Å². The molecule has 0 saturated carbocycles. The largest absolute Gasteiger partial charge is 0.497 e. The van der Waals surface area contributed by atoms with Crippen LogP contribution in [0.25, 0.3) is 0 Å². The van der Waals surface area contributed by atoms with E-state index in [0.717, 1.165) is 37.6 Å². The van der Waals surface area contributed by atoms with Crippen LogP contribution in [-0.4, -0.2) is 51.4 Å². The fraction of sp³-hybridized carbons (Fsp3) is 0.381. The average molecular weight is 367 g/mol. The molecular formula is C21H22FN3O2. The fourth-order valence-electron chi connectivity index (χ4n) is 3.91. The maximum absolute atomic E-state index is 13.9. The lowest BCUT2D eigenvalue weighted by Crippen LogP contribution is -2.64. The Hall–Kier alpha value is -2.62. The molecule has 2 fully saturated rings. The molecular weight excluding hydrogens is 345 g/mol. The number of rotatable bonds is 4. The van der Waals surface area contributed by atoms with E-state index >= 15 is 0 Å². The van der Waals surface area contributed by atoms with Crippen LogP contribution < -0.4 is 9.64 Å². The van der Waals surface area contributed by atoms with Crippen LogP contribution in [0.2, 0.25) is 0 Å². The first-order valence-corrected chi connectivity index (χ1v) is 9.08. The number of halogens is 1. The predicted molar refractivity (Wildman–Crippen MR) is 100 cm³/mol. The van der Waals surface area contributed by atoms with Gasteiger partial charge in [-0.05, 0) is 35.9 Å². The topological polar surface area (TPSA) is 48.7 Å². The van der Waals surface area contributed by atoms with Crippen LogP contribution in [0.15, 0.2) is 42.5 Å². The Bertz CT molecular complexity index is 851. The first kappa shape index (κ1) is 17.8. The minimum Gasteiger partial charge on any atom is -0.497 e. The molecule has 27 heavy (non-hydrogen) atoms. The maximum atomic E-state index is 13.9. The molecule has 5 nitrogen and oxygen atoms in total. The Balaban J connectivity index is 1.47. The van der Waals surface area contributed by atoms with Crippen LogP contribution in [0.5, 0.6) is 5.75 Å². The minimum atomic E-state index is -0.459. The molecule has 4 rings (SSSR count). The summed E-state index contributed by atoms with van der Waals surface area (Å²) in [6.45, 7) is 4.73. The van der Waals surface area contributed by atoms with E-state index in [2.05, 4.69) is 21.9 Å². The van der Waals surface area contributed by atoms with Gasteiger partial charge in [0.25, 0.3) is 0 Å². The number of hydrogen-bond acceptors (Lipinski definition) is 5. The maximum Gasteiger partial charge on any atom is 0.143 e. The lowest BCUT2D eigenvalue weighted by atomic mass is 9.85. The number of ether oxygens (including phenoxy) is 2. The summed E-state index contributed by atoms with van der Waals surface area (Å²) in [7, 11) is 1.67. The summed E-state index contributed by atoms with van der Waals surface area (Å²) < 4.78 is 24.8. The lowest BCUT2D eigenvalue weighted by Gasteiger charge is -2.53. The van der Waals surface area contributed by atoms with E-state index in [9.17, 15) is 4.39 Å². The summed E-state index contributed by atoms with van der Waals surface area (Å²) in [5.41, 5.74) is 2.07. The molecule has 140 valence electrons. The lowest BCUT2D eigenvalue weighted by molar-refractivity contribution is -0.148. The predicted octanol–water partition coefficient (Wildman–Crippen LogP) is 2.75. The Labute approximate surface area is 158 Å². The minimum absolute atomic E-state index is 0.0856. The molecule has 0 unspecified atom stereocenters. The van der Waals surface area contributed by atoms with E-state index < -0.39 is 5.82 Å². The smallest absolute Gasteiger partial charge is 0.143 e. The zero-order chi connectivity index (χ0) is 18.9.